The maximum Gasteiger partial charge on any atom is 0.159 e. The van der Waals surface area contributed by atoms with E-state index in [0.717, 1.165) is 30.0 Å². The minimum Gasteiger partial charge on any atom is -0.465 e. The predicted molar refractivity (Wildman–Crippen MR) is 114 cm³/mol. The van der Waals surface area contributed by atoms with Crippen LogP contribution in [0.5, 0.6) is 5.75 Å². The third-order valence-electron chi connectivity index (χ3n) is 4.66. The number of benzene rings is 1. The van der Waals surface area contributed by atoms with Gasteiger partial charge in [0.2, 0.25) is 0 Å². The Bertz CT molecular complexity index is 647. The number of allylic oxidation sites excluding steroid dienone is 1. The Morgan fingerprint density at radius 1 is 0.815 bits per heavy atom. The Morgan fingerprint density at radius 2 is 1.48 bits per heavy atom. The van der Waals surface area contributed by atoms with Crippen LogP contribution in [0.4, 0.5) is 0 Å². The van der Waals surface area contributed by atoms with Crippen molar-refractivity contribution in [1.82, 2.24) is 9.97 Å². The normalized spacial score (nSPS) is 11.2. The molecule has 0 bridgehead atoms. The summed E-state index contributed by atoms with van der Waals surface area (Å²) in [5.74, 6) is 1.61. The molecule has 2 aromatic rings. The van der Waals surface area contributed by atoms with Gasteiger partial charge in [0.25, 0.3) is 0 Å². The van der Waals surface area contributed by atoms with E-state index >= 15 is 0 Å². The highest BCUT2D eigenvalue weighted by Crippen LogP contribution is 2.20. The molecule has 0 aliphatic rings. The van der Waals surface area contributed by atoms with Crippen LogP contribution < -0.4 is 4.74 Å². The number of hydrogen-bond donors (Lipinski definition) is 0. The molecular weight excluding hydrogens is 332 g/mol. The molecule has 1 aromatic carbocycles. The number of rotatable bonds is 13. The standard InChI is InChI=1S/C24H34N2O/c1-3-5-7-9-10-11-13-21-19-25-24(26-20-21)22-14-16-23(17-15-22)27-18-12-8-6-4-2/h12,14-20H,3-11,13H2,1-2H3. The minimum atomic E-state index is 0.770. The summed E-state index contributed by atoms with van der Waals surface area (Å²) < 4.78 is 5.62. The maximum absolute atomic E-state index is 5.62. The quantitative estimate of drug-likeness (QED) is 0.279. The van der Waals surface area contributed by atoms with Gasteiger partial charge in [-0.1, -0.05) is 52.4 Å². The molecule has 0 saturated heterocycles. The van der Waals surface area contributed by atoms with Crippen LogP contribution in [0.2, 0.25) is 0 Å². The Balaban J connectivity index is 1.78. The average Bonchev–Trinajstić information content (AvgIpc) is 2.71. The Labute approximate surface area is 164 Å². The third-order valence-corrected chi connectivity index (χ3v) is 4.66. The summed E-state index contributed by atoms with van der Waals surface area (Å²) in [5, 5.41) is 0. The van der Waals surface area contributed by atoms with E-state index in [1.807, 2.05) is 36.7 Å². The molecule has 0 N–H and O–H groups in total. The summed E-state index contributed by atoms with van der Waals surface area (Å²) in [6, 6.07) is 7.95. The fourth-order valence-corrected chi connectivity index (χ4v) is 2.94. The molecule has 0 aliphatic carbocycles. The molecule has 3 nitrogen and oxygen atoms in total. The molecule has 0 atom stereocenters. The summed E-state index contributed by atoms with van der Waals surface area (Å²) in [7, 11) is 0. The van der Waals surface area contributed by atoms with Crippen molar-refractivity contribution < 1.29 is 4.74 Å². The van der Waals surface area contributed by atoms with E-state index < -0.39 is 0 Å². The van der Waals surface area contributed by atoms with Crippen molar-refractivity contribution in [2.75, 3.05) is 0 Å². The second kappa shape index (κ2) is 13.1. The predicted octanol–water partition coefficient (Wildman–Crippen LogP) is 7.13. The van der Waals surface area contributed by atoms with Gasteiger partial charge in [0.15, 0.2) is 5.82 Å². The van der Waals surface area contributed by atoms with Gasteiger partial charge in [-0.25, -0.2) is 9.97 Å². The molecule has 0 fully saturated rings. The van der Waals surface area contributed by atoms with E-state index in [0.29, 0.717) is 0 Å². The lowest BCUT2D eigenvalue weighted by molar-refractivity contribution is 0.478. The lowest BCUT2D eigenvalue weighted by atomic mass is 10.1. The van der Waals surface area contributed by atoms with Gasteiger partial charge in [-0.15, -0.1) is 0 Å². The molecule has 2 rings (SSSR count). The van der Waals surface area contributed by atoms with E-state index in [-0.39, 0.29) is 0 Å². The second-order valence-corrected chi connectivity index (χ2v) is 7.09. The van der Waals surface area contributed by atoms with E-state index in [4.69, 9.17) is 4.74 Å². The minimum absolute atomic E-state index is 0.770. The van der Waals surface area contributed by atoms with Crippen molar-refractivity contribution in [3.8, 4) is 17.1 Å². The summed E-state index contributed by atoms with van der Waals surface area (Å²) in [4.78, 5) is 9.07. The highest BCUT2D eigenvalue weighted by atomic mass is 16.5. The first-order valence-electron chi connectivity index (χ1n) is 10.6. The first-order valence-corrected chi connectivity index (χ1v) is 10.6. The van der Waals surface area contributed by atoms with Crippen molar-refractivity contribution in [2.24, 2.45) is 0 Å². The monoisotopic (exact) mass is 366 g/mol. The summed E-state index contributed by atoms with van der Waals surface area (Å²) in [6.07, 6.45) is 20.2. The summed E-state index contributed by atoms with van der Waals surface area (Å²) in [5.41, 5.74) is 2.25. The van der Waals surface area contributed by atoms with Gasteiger partial charge >= 0.3 is 0 Å². The van der Waals surface area contributed by atoms with E-state index in [2.05, 4.69) is 29.9 Å². The SMILES string of the molecule is CCCCC=COc1ccc(-c2ncc(CCCCCCCC)cn2)cc1. The smallest absolute Gasteiger partial charge is 0.159 e. The van der Waals surface area contributed by atoms with Crippen LogP contribution in [0.3, 0.4) is 0 Å². The largest absolute Gasteiger partial charge is 0.465 e. The second-order valence-electron chi connectivity index (χ2n) is 7.09. The van der Waals surface area contributed by atoms with Gasteiger partial charge in [0.1, 0.15) is 5.75 Å². The molecular formula is C24H34N2O. The van der Waals surface area contributed by atoms with Crippen molar-refractivity contribution in [3.05, 3.63) is 54.6 Å². The molecule has 0 amide bonds. The van der Waals surface area contributed by atoms with Crippen LogP contribution in [-0.2, 0) is 6.42 Å². The Kier molecular flexibility index (Phi) is 10.2. The first-order chi connectivity index (χ1) is 13.3. The van der Waals surface area contributed by atoms with Crippen LogP contribution in [0.15, 0.2) is 49.0 Å². The molecule has 146 valence electrons. The van der Waals surface area contributed by atoms with Crippen LogP contribution in [-0.4, -0.2) is 9.97 Å². The zero-order chi connectivity index (χ0) is 19.2. The summed E-state index contributed by atoms with van der Waals surface area (Å²) in [6.45, 7) is 4.45. The zero-order valence-corrected chi connectivity index (χ0v) is 17.0. The van der Waals surface area contributed by atoms with Crippen molar-refractivity contribution in [1.29, 1.82) is 0 Å². The van der Waals surface area contributed by atoms with E-state index in [9.17, 15) is 0 Å². The molecule has 0 unspecified atom stereocenters. The van der Waals surface area contributed by atoms with Crippen LogP contribution in [0, 0.1) is 0 Å². The summed E-state index contributed by atoms with van der Waals surface area (Å²) >= 11 is 0. The number of hydrogen-bond acceptors (Lipinski definition) is 3. The highest BCUT2D eigenvalue weighted by Gasteiger charge is 2.02. The number of nitrogens with zero attached hydrogens (tertiary/aromatic N) is 2. The average molecular weight is 367 g/mol. The number of aromatic nitrogens is 2. The van der Waals surface area contributed by atoms with Gasteiger partial charge < -0.3 is 4.74 Å². The zero-order valence-electron chi connectivity index (χ0n) is 17.0. The van der Waals surface area contributed by atoms with E-state index in [1.165, 1.54) is 56.9 Å². The van der Waals surface area contributed by atoms with Gasteiger partial charge in [0.05, 0.1) is 6.26 Å². The van der Waals surface area contributed by atoms with Crippen molar-refractivity contribution in [3.63, 3.8) is 0 Å². The molecule has 1 heterocycles. The van der Waals surface area contributed by atoms with Crippen LogP contribution in [0.25, 0.3) is 11.4 Å². The molecule has 0 radical (unpaired) electrons. The van der Waals surface area contributed by atoms with Crippen LogP contribution >= 0.6 is 0 Å². The van der Waals surface area contributed by atoms with Crippen LogP contribution in [0.1, 0.15) is 77.2 Å². The topological polar surface area (TPSA) is 35.0 Å². The lowest BCUT2D eigenvalue weighted by Crippen LogP contribution is -1.93. The molecule has 27 heavy (non-hydrogen) atoms. The highest BCUT2D eigenvalue weighted by molar-refractivity contribution is 5.55. The van der Waals surface area contributed by atoms with Crippen molar-refractivity contribution in [2.45, 2.75) is 78.1 Å². The molecule has 0 spiro atoms. The molecule has 0 saturated carbocycles. The van der Waals surface area contributed by atoms with Gasteiger partial charge in [0, 0.05) is 18.0 Å². The van der Waals surface area contributed by atoms with Gasteiger partial charge in [-0.3, -0.25) is 0 Å². The van der Waals surface area contributed by atoms with Gasteiger partial charge in [-0.05, 0) is 61.6 Å². The number of ether oxygens (including phenoxy) is 1. The maximum atomic E-state index is 5.62. The molecule has 0 aliphatic heterocycles. The first kappa shape index (κ1) is 21.1. The fraction of sp³-hybridized carbons (Fsp3) is 0.500. The third kappa shape index (κ3) is 8.38. The molecule has 1 aromatic heterocycles. The van der Waals surface area contributed by atoms with E-state index in [1.54, 1.807) is 6.26 Å². The number of unbranched alkanes of at least 4 members (excludes halogenated alkanes) is 7. The number of aryl methyl sites for hydroxylation is 1. The Hall–Kier alpha value is -2.16. The molecule has 3 heteroatoms. The fourth-order valence-electron chi connectivity index (χ4n) is 2.94. The van der Waals surface area contributed by atoms with Gasteiger partial charge in [-0.2, -0.15) is 0 Å². The Morgan fingerprint density at radius 3 is 2.19 bits per heavy atom. The lowest BCUT2D eigenvalue weighted by Gasteiger charge is -2.05. The van der Waals surface area contributed by atoms with Crippen molar-refractivity contribution >= 4 is 0 Å².